The molecule has 1 aliphatic rings. The molecule has 3 aromatic rings. The van der Waals surface area contributed by atoms with E-state index < -0.39 is 5.97 Å². The highest BCUT2D eigenvalue weighted by Crippen LogP contribution is 2.29. The SMILES string of the molecule is Cc1cc2occ(CC(=O)OCC(=O)N3CCc4sccc4C3)c2cc1C(C)C. The third kappa shape index (κ3) is 4.08. The predicted octanol–water partition coefficient (Wildman–Crippen LogP) is 4.60. The lowest BCUT2D eigenvalue weighted by molar-refractivity contribution is -0.151. The van der Waals surface area contributed by atoms with Crippen LogP contribution < -0.4 is 0 Å². The van der Waals surface area contributed by atoms with Gasteiger partial charge in [-0.05, 0) is 59.5 Å². The zero-order valence-electron chi connectivity index (χ0n) is 17.0. The number of amides is 1. The lowest BCUT2D eigenvalue weighted by Gasteiger charge is -2.26. The average molecular weight is 412 g/mol. The van der Waals surface area contributed by atoms with E-state index in [2.05, 4.69) is 38.3 Å². The van der Waals surface area contributed by atoms with Gasteiger partial charge in [-0.1, -0.05) is 13.8 Å². The normalized spacial score (nSPS) is 13.7. The number of rotatable bonds is 5. The fraction of sp³-hybridized carbons (Fsp3) is 0.391. The van der Waals surface area contributed by atoms with Crippen molar-refractivity contribution in [3.63, 3.8) is 0 Å². The maximum Gasteiger partial charge on any atom is 0.310 e. The van der Waals surface area contributed by atoms with E-state index in [1.54, 1.807) is 22.5 Å². The molecule has 152 valence electrons. The number of carbonyl (C=O) groups is 2. The number of fused-ring (bicyclic) bond motifs is 2. The summed E-state index contributed by atoms with van der Waals surface area (Å²) in [5, 5.41) is 2.99. The predicted molar refractivity (Wildman–Crippen MR) is 113 cm³/mol. The molecule has 29 heavy (non-hydrogen) atoms. The van der Waals surface area contributed by atoms with E-state index in [9.17, 15) is 9.59 Å². The highest BCUT2D eigenvalue weighted by atomic mass is 32.1. The van der Waals surface area contributed by atoms with E-state index in [0.29, 0.717) is 19.0 Å². The number of carbonyl (C=O) groups excluding carboxylic acids is 2. The molecule has 0 saturated heterocycles. The molecule has 0 aliphatic carbocycles. The first kappa shape index (κ1) is 19.7. The first-order valence-electron chi connectivity index (χ1n) is 9.91. The molecule has 0 unspecified atom stereocenters. The van der Waals surface area contributed by atoms with Gasteiger partial charge < -0.3 is 14.1 Å². The van der Waals surface area contributed by atoms with Gasteiger partial charge in [-0.3, -0.25) is 9.59 Å². The fourth-order valence-electron chi connectivity index (χ4n) is 3.91. The van der Waals surface area contributed by atoms with Crippen molar-refractivity contribution in [1.82, 2.24) is 4.90 Å². The lowest BCUT2D eigenvalue weighted by Crippen LogP contribution is -2.38. The summed E-state index contributed by atoms with van der Waals surface area (Å²) in [7, 11) is 0. The number of aryl methyl sites for hydroxylation is 1. The van der Waals surface area contributed by atoms with Crippen LogP contribution in [0.1, 0.15) is 46.9 Å². The molecule has 1 aliphatic heterocycles. The Balaban J connectivity index is 1.37. The Hall–Kier alpha value is -2.60. The van der Waals surface area contributed by atoms with Crippen molar-refractivity contribution in [2.24, 2.45) is 0 Å². The van der Waals surface area contributed by atoms with Crippen LogP contribution in [0.5, 0.6) is 0 Å². The Bertz CT molecular complexity index is 1060. The second kappa shape index (κ2) is 8.03. The van der Waals surface area contributed by atoms with Gasteiger partial charge in [0.15, 0.2) is 6.61 Å². The van der Waals surface area contributed by atoms with Crippen LogP contribution in [0.4, 0.5) is 0 Å². The van der Waals surface area contributed by atoms with Gasteiger partial charge in [-0.15, -0.1) is 11.3 Å². The second-order valence-corrected chi connectivity index (χ2v) is 8.89. The Morgan fingerprint density at radius 1 is 1.31 bits per heavy atom. The summed E-state index contributed by atoms with van der Waals surface area (Å²) in [5.41, 5.74) is 5.17. The van der Waals surface area contributed by atoms with Crippen molar-refractivity contribution in [2.45, 2.75) is 46.1 Å². The summed E-state index contributed by atoms with van der Waals surface area (Å²) in [6, 6.07) is 6.17. The fourth-order valence-corrected chi connectivity index (χ4v) is 4.79. The molecule has 2 aromatic heterocycles. The smallest absolute Gasteiger partial charge is 0.310 e. The Morgan fingerprint density at radius 3 is 2.93 bits per heavy atom. The van der Waals surface area contributed by atoms with Gasteiger partial charge in [-0.25, -0.2) is 0 Å². The molecule has 1 aromatic carbocycles. The molecule has 0 fully saturated rings. The van der Waals surface area contributed by atoms with Gasteiger partial charge in [0.25, 0.3) is 5.91 Å². The molecule has 0 N–H and O–H groups in total. The second-order valence-electron chi connectivity index (χ2n) is 7.89. The first-order valence-corrected chi connectivity index (χ1v) is 10.8. The number of hydrogen-bond donors (Lipinski definition) is 0. The van der Waals surface area contributed by atoms with E-state index in [0.717, 1.165) is 23.0 Å². The molecule has 3 heterocycles. The number of benzene rings is 1. The van der Waals surface area contributed by atoms with E-state index in [4.69, 9.17) is 9.15 Å². The van der Waals surface area contributed by atoms with E-state index in [1.165, 1.54) is 21.6 Å². The topological polar surface area (TPSA) is 59.8 Å². The lowest BCUT2D eigenvalue weighted by atomic mass is 9.95. The summed E-state index contributed by atoms with van der Waals surface area (Å²) >= 11 is 1.73. The van der Waals surface area contributed by atoms with Crippen molar-refractivity contribution < 1.29 is 18.7 Å². The number of nitrogens with zero attached hydrogens (tertiary/aromatic N) is 1. The summed E-state index contributed by atoms with van der Waals surface area (Å²) in [4.78, 5) is 27.9. The highest BCUT2D eigenvalue weighted by Gasteiger charge is 2.22. The van der Waals surface area contributed by atoms with Crippen molar-refractivity contribution in [2.75, 3.05) is 13.2 Å². The van der Waals surface area contributed by atoms with Crippen LogP contribution in [0.3, 0.4) is 0 Å². The third-order valence-corrected chi connectivity index (χ3v) is 6.54. The molecular formula is C23H25NO4S. The van der Waals surface area contributed by atoms with Crippen molar-refractivity contribution in [3.05, 3.63) is 57.0 Å². The van der Waals surface area contributed by atoms with Crippen molar-refractivity contribution >= 4 is 34.2 Å². The molecule has 0 bridgehead atoms. The van der Waals surface area contributed by atoms with Gasteiger partial charge in [0.2, 0.25) is 0 Å². The first-order chi connectivity index (χ1) is 13.9. The standard InChI is InChI=1S/C23H25NO4S/c1-14(2)18-10-19-17(12-27-20(19)8-15(18)3)9-23(26)28-13-22(25)24-6-4-21-16(11-24)5-7-29-21/h5,7-8,10,12,14H,4,6,9,11,13H2,1-3H3. The van der Waals surface area contributed by atoms with Crippen LogP contribution in [0.15, 0.2) is 34.3 Å². The van der Waals surface area contributed by atoms with Crippen LogP contribution in [-0.4, -0.2) is 29.9 Å². The van der Waals surface area contributed by atoms with Crippen LogP contribution in [0, 0.1) is 6.92 Å². The maximum absolute atomic E-state index is 12.4. The number of hydrogen-bond acceptors (Lipinski definition) is 5. The minimum atomic E-state index is -0.416. The summed E-state index contributed by atoms with van der Waals surface area (Å²) < 4.78 is 10.9. The van der Waals surface area contributed by atoms with Crippen LogP contribution in [0.25, 0.3) is 11.0 Å². The van der Waals surface area contributed by atoms with Crippen LogP contribution in [0.2, 0.25) is 0 Å². The van der Waals surface area contributed by atoms with Crippen LogP contribution in [-0.2, 0) is 33.7 Å². The Morgan fingerprint density at radius 2 is 2.14 bits per heavy atom. The van der Waals surface area contributed by atoms with Crippen LogP contribution >= 0.6 is 11.3 Å². The summed E-state index contributed by atoms with van der Waals surface area (Å²) in [6.45, 7) is 7.41. The molecular weight excluding hydrogens is 386 g/mol. The van der Waals surface area contributed by atoms with E-state index in [1.807, 2.05) is 6.07 Å². The summed E-state index contributed by atoms with van der Waals surface area (Å²) in [6.07, 6.45) is 2.57. The highest BCUT2D eigenvalue weighted by molar-refractivity contribution is 7.10. The maximum atomic E-state index is 12.4. The number of thiophene rings is 1. The molecule has 4 rings (SSSR count). The molecule has 0 spiro atoms. The Labute approximate surface area is 174 Å². The molecule has 0 radical (unpaired) electrons. The minimum Gasteiger partial charge on any atom is -0.464 e. The van der Waals surface area contributed by atoms with Crippen molar-refractivity contribution in [3.8, 4) is 0 Å². The molecule has 0 atom stereocenters. The number of furan rings is 1. The number of esters is 1. The van der Waals surface area contributed by atoms with Gasteiger partial charge in [0, 0.05) is 28.9 Å². The van der Waals surface area contributed by atoms with Crippen molar-refractivity contribution in [1.29, 1.82) is 0 Å². The quantitative estimate of drug-likeness (QED) is 0.576. The van der Waals surface area contributed by atoms with Gasteiger partial charge in [0.1, 0.15) is 5.58 Å². The van der Waals surface area contributed by atoms with Gasteiger partial charge in [0.05, 0.1) is 12.7 Å². The number of ether oxygens (including phenoxy) is 1. The van der Waals surface area contributed by atoms with Gasteiger partial charge >= 0.3 is 5.97 Å². The Kier molecular flexibility index (Phi) is 5.46. The zero-order chi connectivity index (χ0) is 20.5. The minimum absolute atomic E-state index is 0.0928. The largest absolute Gasteiger partial charge is 0.464 e. The van der Waals surface area contributed by atoms with E-state index in [-0.39, 0.29) is 18.9 Å². The average Bonchev–Trinajstić information content (AvgIpc) is 3.31. The summed E-state index contributed by atoms with van der Waals surface area (Å²) in [5.74, 6) is -0.175. The monoisotopic (exact) mass is 411 g/mol. The van der Waals surface area contributed by atoms with Gasteiger partial charge in [-0.2, -0.15) is 0 Å². The molecule has 0 saturated carbocycles. The molecule has 1 amide bonds. The molecule has 6 heteroatoms. The molecule has 5 nitrogen and oxygen atoms in total. The third-order valence-electron chi connectivity index (χ3n) is 5.52. The van der Waals surface area contributed by atoms with E-state index >= 15 is 0 Å². The zero-order valence-corrected chi connectivity index (χ0v) is 17.8.